The number of carbonyl (C=O) groups is 2. The molecule has 0 unspecified atom stereocenters. The van der Waals surface area contributed by atoms with Crippen molar-refractivity contribution in [3.05, 3.63) is 35.4 Å². The second-order valence-electron chi connectivity index (χ2n) is 15.8. The van der Waals surface area contributed by atoms with Gasteiger partial charge in [0, 0.05) is 60.8 Å². The highest BCUT2D eigenvalue weighted by atomic mass is 16.6. The summed E-state index contributed by atoms with van der Waals surface area (Å²) in [7, 11) is 5.57. The molecule has 2 aromatic heterocycles. The molecule has 17 heteroatoms. The van der Waals surface area contributed by atoms with Crippen LogP contribution in [0.25, 0.3) is 27.5 Å². The fraction of sp³-hybridized carbons (Fsp3) is 0.689. The molecule has 0 spiro atoms. The predicted octanol–water partition coefficient (Wildman–Crippen LogP) is 3.08. The van der Waals surface area contributed by atoms with Crippen LogP contribution in [0.1, 0.15) is 69.7 Å². The fourth-order valence-corrected chi connectivity index (χ4v) is 7.46. The zero-order chi connectivity index (χ0) is 44.4. The topological polar surface area (TPSA) is 200 Å². The van der Waals surface area contributed by atoms with E-state index >= 15 is 0 Å². The molecule has 1 aliphatic heterocycles. The van der Waals surface area contributed by atoms with Crippen molar-refractivity contribution < 1.29 is 38.0 Å². The van der Waals surface area contributed by atoms with Crippen LogP contribution in [0.4, 0.5) is 0 Å². The van der Waals surface area contributed by atoms with Gasteiger partial charge in [-0.05, 0) is 111 Å². The molecule has 3 aromatic rings. The number of nitrogens with two attached hydrogens (primary N) is 1. The molecule has 1 saturated heterocycles. The summed E-state index contributed by atoms with van der Waals surface area (Å²) in [5.41, 5.74) is 10.0. The summed E-state index contributed by atoms with van der Waals surface area (Å²) in [4.78, 5) is 42.0. The van der Waals surface area contributed by atoms with Crippen molar-refractivity contribution in [3.63, 3.8) is 0 Å². The van der Waals surface area contributed by atoms with Gasteiger partial charge in [-0.25, -0.2) is 4.98 Å². The Hall–Kier alpha value is -3.78. The van der Waals surface area contributed by atoms with Crippen LogP contribution in [0.3, 0.4) is 0 Å². The maximum Gasteiger partial charge on any atom is 0.221 e. The number of aromatic amines is 1. The van der Waals surface area contributed by atoms with E-state index in [2.05, 4.69) is 42.8 Å². The molecule has 348 valence electrons. The van der Waals surface area contributed by atoms with Gasteiger partial charge in [-0.3, -0.25) is 14.6 Å². The van der Waals surface area contributed by atoms with E-state index in [4.69, 9.17) is 39.1 Å². The van der Waals surface area contributed by atoms with Crippen LogP contribution < -0.4 is 26.4 Å². The number of hydrogen-bond acceptors (Lipinski definition) is 15. The van der Waals surface area contributed by atoms with Crippen LogP contribution in [0.15, 0.2) is 24.0 Å². The Bertz CT molecular complexity index is 1780. The van der Waals surface area contributed by atoms with E-state index in [1.54, 1.807) is 14.0 Å². The summed E-state index contributed by atoms with van der Waals surface area (Å²) >= 11 is 0. The molecule has 17 nitrogen and oxygen atoms in total. The van der Waals surface area contributed by atoms with E-state index in [1.807, 2.05) is 25.4 Å². The number of hydrogen-bond donors (Lipinski definition) is 5. The number of nitrogens with zero attached hydrogens (tertiary/aromatic N) is 4. The SMILES string of the molecule is CNCCC(=O)NCCCN(C)CCCNCCCOCCOCCOCCOCCOCCN1CCC(c2nc3c(cnc4cc(C(C(C)=O)=C(C)N)c(OC)cc43)[nH]2)CC1. The summed E-state index contributed by atoms with van der Waals surface area (Å²) in [6.45, 7) is 17.2. The van der Waals surface area contributed by atoms with Crippen LogP contribution in [0.2, 0.25) is 0 Å². The lowest BCUT2D eigenvalue weighted by atomic mass is 9.96. The normalized spacial score (nSPS) is 14.3. The maximum atomic E-state index is 12.4. The number of H-pyrrole nitrogens is 1. The third-order valence-electron chi connectivity index (χ3n) is 10.9. The van der Waals surface area contributed by atoms with Gasteiger partial charge in [0.05, 0.1) is 89.3 Å². The first kappa shape index (κ1) is 50.9. The molecule has 6 N–H and O–H groups in total. The number of Topliss-reactive ketones (excluding diaryl/α,β-unsaturated/α-hetero) is 1. The van der Waals surface area contributed by atoms with E-state index in [0.29, 0.717) is 108 Å². The molecule has 0 radical (unpaired) electrons. The first-order valence-electron chi connectivity index (χ1n) is 22.5. The van der Waals surface area contributed by atoms with Crippen molar-refractivity contribution in [2.75, 3.05) is 146 Å². The average molecular weight is 870 g/mol. The van der Waals surface area contributed by atoms with Gasteiger partial charge in [0.2, 0.25) is 5.91 Å². The zero-order valence-corrected chi connectivity index (χ0v) is 38.1. The minimum Gasteiger partial charge on any atom is -0.496 e. The molecule has 0 bridgehead atoms. The third kappa shape index (κ3) is 18.1. The number of benzene rings is 1. The van der Waals surface area contributed by atoms with E-state index in [1.165, 1.54) is 6.92 Å². The monoisotopic (exact) mass is 870 g/mol. The number of rotatable bonds is 34. The van der Waals surface area contributed by atoms with Gasteiger partial charge in [0.25, 0.3) is 0 Å². The molecule has 1 amide bonds. The number of methoxy groups -OCH3 is 1. The largest absolute Gasteiger partial charge is 0.496 e. The second-order valence-corrected chi connectivity index (χ2v) is 15.8. The highest BCUT2D eigenvalue weighted by molar-refractivity contribution is 6.22. The maximum absolute atomic E-state index is 12.4. The first-order chi connectivity index (χ1) is 30.2. The number of ketones is 1. The van der Waals surface area contributed by atoms with E-state index in [-0.39, 0.29) is 11.7 Å². The molecule has 1 fully saturated rings. The van der Waals surface area contributed by atoms with Gasteiger partial charge in [-0.15, -0.1) is 0 Å². The lowest BCUT2D eigenvalue weighted by Gasteiger charge is -2.30. The lowest BCUT2D eigenvalue weighted by Crippen LogP contribution is -2.35. The Kier molecular flexibility index (Phi) is 24.2. The summed E-state index contributed by atoms with van der Waals surface area (Å²) in [5, 5.41) is 10.3. The quantitative estimate of drug-likeness (QED) is 0.0433. The van der Waals surface area contributed by atoms with Gasteiger partial charge in [-0.2, -0.15) is 0 Å². The van der Waals surface area contributed by atoms with E-state index in [9.17, 15) is 9.59 Å². The standard InChI is InChI=1S/C45H75N9O8/c1-34(46)43(35(2)55)38-31-39-37(32-41(38)57-5)44-40(33-50-39)51-45(52-44)36-10-18-54(19-11-36)20-22-59-24-26-61-28-30-62-29-27-60-25-23-58-21-8-13-48-12-6-16-53(4)17-7-14-49-42(56)9-15-47-3/h31-33,36,47-48H,6-30,46H2,1-5H3,(H,49,56)(H,51,52). The van der Waals surface area contributed by atoms with Crippen molar-refractivity contribution in [1.82, 2.24) is 40.7 Å². The van der Waals surface area contributed by atoms with Crippen LogP contribution >= 0.6 is 0 Å². The highest BCUT2D eigenvalue weighted by Gasteiger charge is 2.24. The number of carbonyl (C=O) groups excluding carboxylic acids is 2. The van der Waals surface area contributed by atoms with Gasteiger partial charge in [0.15, 0.2) is 5.78 Å². The minimum absolute atomic E-state index is 0.111. The molecule has 62 heavy (non-hydrogen) atoms. The molecule has 0 saturated carbocycles. The Morgan fingerprint density at radius 3 is 2.08 bits per heavy atom. The molecule has 0 atom stereocenters. The summed E-state index contributed by atoms with van der Waals surface area (Å²) in [6.07, 6.45) is 7.38. The number of fused-ring (bicyclic) bond motifs is 3. The number of amides is 1. The number of pyridine rings is 1. The van der Waals surface area contributed by atoms with Crippen molar-refractivity contribution >= 4 is 39.2 Å². The first-order valence-corrected chi connectivity index (χ1v) is 22.5. The number of allylic oxidation sites excluding steroid dienone is 2. The predicted molar refractivity (Wildman–Crippen MR) is 244 cm³/mol. The van der Waals surface area contributed by atoms with Gasteiger partial charge in [0.1, 0.15) is 11.6 Å². The molecular weight excluding hydrogens is 795 g/mol. The van der Waals surface area contributed by atoms with Crippen LogP contribution in [-0.4, -0.2) is 183 Å². The third-order valence-corrected chi connectivity index (χ3v) is 10.9. The molecule has 0 aliphatic carbocycles. The lowest BCUT2D eigenvalue weighted by molar-refractivity contribution is -0.121. The molecular formula is C45H75N9O8. The number of piperidine rings is 1. The van der Waals surface area contributed by atoms with Gasteiger partial charge in [-0.1, -0.05) is 0 Å². The molecule has 1 aliphatic rings. The number of nitrogens with one attached hydrogen (secondary N) is 4. The molecule has 3 heterocycles. The Morgan fingerprint density at radius 1 is 0.855 bits per heavy atom. The van der Waals surface area contributed by atoms with Gasteiger partial charge >= 0.3 is 0 Å². The van der Waals surface area contributed by atoms with Crippen molar-refractivity contribution in [1.29, 1.82) is 0 Å². The number of likely N-dealkylation sites (tertiary alicyclic amines) is 1. The van der Waals surface area contributed by atoms with Gasteiger partial charge < -0.3 is 64.9 Å². The molecule has 1 aromatic carbocycles. The van der Waals surface area contributed by atoms with Crippen LogP contribution in [-0.2, 0) is 33.3 Å². The molecule has 4 rings (SSSR count). The summed E-state index contributed by atoms with van der Waals surface area (Å²) < 4.78 is 34.1. The van der Waals surface area contributed by atoms with E-state index < -0.39 is 0 Å². The summed E-state index contributed by atoms with van der Waals surface area (Å²) in [6, 6.07) is 3.77. The van der Waals surface area contributed by atoms with Crippen LogP contribution in [0.5, 0.6) is 5.75 Å². The Labute approximate surface area is 368 Å². The Balaban J connectivity index is 0.922. The average Bonchev–Trinajstić information content (AvgIpc) is 3.71. The highest BCUT2D eigenvalue weighted by Crippen LogP contribution is 2.35. The van der Waals surface area contributed by atoms with Crippen molar-refractivity contribution in [3.8, 4) is 5.75 Å². The van der Waals surface area contributed by atoms with Crippen molar-refractivity contribution in [2.45, 2.75) is 58.3 Å². The Morgan fingerprint density at radius 2 is 1.47 bits per heavy atom. The second kappa shape index (κ2) is 29.6. The van der Waals surface area contributed by atoms with E-state index in [0.717, 1.165) is 112 Å². The minimum atomic E-state index is -0.123. The number of aromatic nitrogens is 3. The number of ether oxygens (including phenoxy) is 6. The van der Waals surface area contributed by atoms with Crippen LogP contribution in [0, 0.1) is 0 Å². The smallest absolute Gasteiger partial charge is 0.221 e. The summed E-state index contributed by atoms with van der Waals surface area (Å²) in [5.74, 6) is 1.86. The number of imidazole rings is 1. The fourth-order valence-electron chi connectivity index (χ4n) is 7.46. The zero-order valence-electron chi connectivity index (χ0n) is 38.1. The van der Waals surface area contributed by atoms with Crippen molar-refractivity contribution in [2.24, 2.45) is 5.73 Å².